The molecule has 1 aliphatic rings. The van der Waals surface area contributed by atoms with Gasteiger partial charge in [-0.05, 0) is 36.5 Å². The van der Waals surface area contributed by atoms with E-state index in [4.69, 9.17) is 9.52 Å². The summed E-state index contributed by atoms with van der Waals surface area (Å²) in [5, 5.41) is 13.3. The van der Waals surface area contributed by atoms with Gasteiger partial charge in [0.15, 0.2) is 0 Å². The summed E-state index contributed by atoms with van der Waals surface area (Å²) < 4.78 is 33.8. The Morgan fingerprint density at radius 2 is 2.03 bits per heavy atom. The number of pyridine rings is 1. The van der Waals surface area contributed by atoms with Crippen LogP contribution < -0.4 is 4.90 Å². The number of anilines is 1. The first-order chi connectivity index (χ1) is 16.1. The molecule has 174 valence electrons. The van der Waals surface area contributed by atoms with Crippen LogP contribution in [0.1, 0.15) is 73.1 Å². The second-order valence-electron chi connectivity index (χ2n) is 8.70. The number of hydrogen-bond acceptors (Lipinski definition) is 6. The van der Waals surface area contributed by atoms with Crippen LogP contribution in [-0.4, -0.2) is 49.7 Å². The highest BCUT2D eigenvalue weighted by atomic mass is 19.1. The van der Waals surface area contributed by atoms with Crippen molar-refractivity contribution in [1.29, 1.82) is 0 Å². The Morgan fingerprint density at radius 1 is 1.21 bits per heavy atom. The molecule has 5 heterocycles. The fourth-order valence-electron chi connectivity index (χ4n) is 4.62. The number of halogens is 2. The molecule has 0 aromatic carbocycles. The van der Waals surface area contributed by atoms with Gasteiger partial charge >= 0.3 is 6.01 Å². The highest BCUT2D eigenvalue weighted by Gasteiger charge is 2.36. The molecule has 0 saturated carbocycles. The standard InChI is InChI=1S/C23H27F2N7O/c1-14(2)16-4-3-10-32-19(16)12-18(30-32)21-20-17(26-13-27-20)7-11-31(21)23-29-28-22(33-23)15(5-8-24)6-9-25/h3-4,10,12-15,21H,5-9,11H2,1-2H3,(H,26,27)/t21-/m0/s1. The van der Waals surface area contributed by atoms with Gasteiger partial charge in [-0.25, -0.2) is 9.50 Å². The molecule has 0 saturated heterocycles. The molecule has 0 radical (unpaired) electrons. The van der Waals surface area contributed by atoms with E-state index in [2.05, 4.69) is 46.1 Å². The van der Waals surface area contributed by atoms with Gasteiger partial charge in [-0.2, -0.15) is 5.10 Å². The van der Waals surface area contributed by atoms with E-state index in [0.717, 1.165) is 29.0 Å². The van der Waals surface area contributed by atoms with Crippen molar-refractivity contribution in [3.05, 3.63) is 59.3 Å². The first-order valence-electron chi connectivity index (χ1n) is 11.3. The number of rotatable bonds is 8. The Bertz CT molecular complexity index is 1220. The van der Waals surface area contributed by atoms with Gasteiger partial charge in [0.1, 0.15) is 6.04 Å². The smallest absolute Gasteiger partial charge is 0.319 e. The molecule has 10 heteroatoms. The molecule has 4 aromatic rings. The molecule has 0 amide bonds. The normalized spacial score (nSPS) is 16.3. The number of nitrogens with one attached hydrogen (secondary N) is 1. The minimum atomic E-state index is -0.565. The number of aromatic nitrogens is 6. The van der Waals surface area contributed by atoms with Crippen LogP contribution in [0, 0.1) is 0 Å². The summed E-state index contributed by atoms with van der Waals surface area (Å²) in [6.07, 6.45) is 4.67. The molecule has 0 spiro atoms. The average molecular weight is 456 g/mol. The van der Waals surface area contributed by atoms with Gasteiger partial charge in [0.05, 0.1) is 36.6 Å². The lowest BCUT2D eigenvalue weighted by Crippen LogP contribution is -2.37. The highest BCUT2D eigenvalue weighted by molar-refractivity contribution is 5.58. The Morgan fingerprint density at radius 3 is 2.79 bits per heavy atom. The second kappa shape index (κ2) is 8.92. The second-order valence-corrected chi connectivity index (χ2v) is 8.70. The molecule has 0 bridgehead atoms. The summed E-state index contributed by atoms with van der Waals surface area (Å²) in [5.41, 5.74) is 4.98. The summed E-state index contributed by atoms with van der Waals surface area (Å²) in [6.45, 7) is 3.80. The van der Waals surface area contributed by atoms with Crippen molar-refractivity contribution in [2.75, 3.05) is 24.8 Å². The van der Waals surface area contributed by atoms with E-state index >= 15 is 0 Å². The highest BCUT2D eigenvalue weighted by Crippen LogP contribution is 2.37. The van der Waals surface area contributed by atoms with Crippen LogP contribution in [-0.2, 0) is 6.42 Å². The van der Waals surface area contributed by atoms with E-state index < -0.39 is 19.3 Å². The third-order valence-electron chi connectivity index (χ3n) is 6.32. The molecule has 1 aliphatic heterocycles. The number of nitrogens with zero attached hydrogens (tertiary/aromatic N) is 6. The number of fused-ring (bicyclic) bond motifs is 2. The van der Waals surface area contributed by atoms with Crippen molar-refractivity contribution >= 4 is 11.5 Å². The van der Waals surface area contributed by atoms with Crippen molar-refractivity contribution in [3.8, 4) is 0 Å². The first-order valence-corrected chi connectivity index (χ1v) is 11.3. The molecular weight excluding hydrogens is 428 g/mol. The Balaban J connectivity index is 1.56. The number of H-pyrrole nitrogens is 1. The van der Waals surface area contributed by atoms with E-state index in [1.807, 2.05) is 21.7 Å². The maximum absolute atomic E-state index is 13.0. The average Bonchev–Trinajstić information content (AvgIpc) is 3.56. The van der Waals surface area contributed by atoms with Gasteiger partial charge in [0, 0.05) is 30.8 Å². The number of alkyl halides is 2. The Kier molecular flexibility index (Phi) is 5.82. The maximum Gasteiger partial charge on any atom is 0.319 e. The van der Waals surface area contributed by atoms with Crippen LogP contribution in [0.5, 0.6) is 0 Å². The van der Waals surface area contributed by atoms with Gasteiger partial charge in [-0.1, -0.05) is 25.0 Å². The van der Waals surface area contributed by atoms with Crippen LogP contribution in [0.2, 0.25) is 0 Å². The quantitative estimate of drug-likeness (QED) is 0.420. The number of imidazole rings is 1. The van der Waals surface area contributed by atoms with E-state index in [-0.39, 0.29) is 24.8 Å². The molecule has 0 aliphatic carbocycles. The summed E-state index contributed by atoms with van der Waals surface area (Å²) in [4.78, 5) is 9.80. The monoisotopic (exact) mass is 455 g/mol. The zero-order valence-electron chi connectivity index (χ0n) is 18.7. The van der Waals surface area contributed by atoms with Crippen LogP contribution in [0.25, 0.3) is 5.52 Å². The van der Waals surface area contributed by atoms with Gasteiger partial charge in [-0.3, -0.25) is 8.78 Å². The molecule has 33 heavy (non-hydrogen) atoms. The van der Waals surface area contributed by atoms with Crippen LogP contribution in [0.4, 0.5) is 14.8 Å². The third kappa shape index (κ3) is 3.87. The van der Waals surface area contributed by atoms with Gasteiger partial charge in [-0.15, -0.1) is 5.10 Å². The van der Waals surface area contributed by atoms with Crippen LogP contribution in [0.15, 0.2) is 35.1 Å². The van der Waals surface area contributed by atoms with Crippen molar-refractivity contribution in [2.24, 2.45) is 0 Å². The lowest BCUT2D eigenvalue weighted by atomic mass is 9.99. The molecule has 0 unspecified atom stereocenters. The summed E-state index contributed by atoms with van der Waals surface area (Å²) in [5.74, 6) is 0.182. The fraction of sp³-hybridized carbons (Fsp3) is 0.478. The predicted molar refractivity (Wildman–Crippen MR) is 119 cm³/mol. The molecule has 1 N–H and O–H groups in total. The van der Waals surface area contributed by atoms with E-state index in [1.165, 1.54) is 5.56 Å². The molecule has 4 aromatic heterocycles. The fourth-order valence-corrected chi connectivity index (χ4v) is 4.62. The lowest BCUT2D eigenvalue weighted by molar-refractivity contribution is 0.340. The van der Waals surface area contributed by atoms with Crippen molar-refractivity contribution in [3.63, 3.8) is 0 Å². The lowest BCUT2D eigenvalue weighted by Gasteiger charge is -2.32. The van der Waals surface area contributed by atoms with E-state index in [9.17, 15) is 8.78 Å². The molecule has 0 fully saturated rings. The van der Waals surface area contributed by atoms with Crippen LogP contribution in [0.3, 0.4) is 0 Å². The Labute approximate surface area is 190 Å². The van der Waals surface area contributed by atoms with Gasteiger partial charge in [0.25, 0.3) is 0 Å². The molecule has 8 nitrogen and oxygen atoms in total. The topological polar surface area (TPSA) is 88.1 Å². The first kappa shape index (κ1) is 21.5. The van der Waals surface area contributed by atoms with Crippen molar-refractivity contribution in [2.45, 2.75) is 51.0 Å². The van der Waals surface area contributed by atoms with Gasteiger partial charge < -0.3 is 14.3 Å². The van der Waals surface area contributed by atoms with E-state index in [0.29, 0.717) is 18.5 Å². The molecular formula is C23H27F2N7O. The SMILES string of the molecule is CC(C)c1cccn2nc([C@H]3c4nc[nH]c4CCN3c3nnc(C(CCF)CCF)o3)cc12. The summed E-state index contributed by atoms with van der Waals surface area (Å²) >= 11 is 0. The molecule has 1 atom stereocenters. The minimum absolute atomic E-state index is 0.156. The minimum Gasteiger partial charge on any atom is -0.408 e. The number of aromatic amines is 1. The molecule has 5 rings (SSSR count). The van der Waals surface area contributed by atoms with Crippen LogP contribution >= 0.6 is 0 Å². The maximum atomic E-state index is 13.0. The predicted octanol–water partition coefficient (Wildman–Crippen LogP) is 4.52. The van der Waals surface area contributed by atoms with Crippen molar-refractivity contribution in [1.82, 2.24) is 29.8 Å². The van der Waals surface area contributed by atoms with Crippen molar-refractivity contribution < 1.29 is 13.2 Å². The zero-order chi connectivity index (χ0) is 22.9. The largest absolute Gasteiger partial charge is 0.408 e. The Hall–Kier alpha value is -3.30. The third-order valence-corrected chi connectivity index (χ3v) is 6.32. The van der Waals surface area contributed by atoms with E-state index in [1.54, 1.807) is 6.33 Å². The summed E-state index contributed by atoms with van der Waals surface area (Å²) in [7, 11) is 0. The summed E-state index contributed by atoms with van der Waals surface area (Å²) in [6, 6.07) is 6.19. The van der Waals surface area contributed by atoms with Gasteiger partial charge in [0.2, 0.25) is 5.89 Å². The number of hydrogen-bond donors (Lipinski definition) is 1. The zero-order valence-corrected chi connectivity index (χ0v) is 18.7.